The van der Waals surface area contributed by atoms with Crippen LogP contribution < -0.4 is 26.2 Å². The summed E-state index contributed by atoms with van der Waals surface area (Å²) < 4.78 is 111. The molecule has 21 nitrogen and oxygen atoms in total. The largest absolute Gasteiger partial charge is 0.351 e. The summed E-state index contributed by atoms with van der Waals surface area (Å²) in [6, 6.07) is 13.8. The van der Waals surface area contributed by atoms with Gasteiger partial charge in [0.25, 0.3) is 43.9 Å². The normalized spacial score (nSPS) is 17.0. The summed E-state index contributed by atoms with van der Waals surface area (Å²) in [6.07, 6.45) is 15.8. The summed E-state index contributed by atoms with van der Waals surface area (Å²) >= 11 is 2.29. The average Bonchev–Trinajstić information content (AvgIpc) is 1.55. The number of hydrogen-bond donors (Lipinski definition) is 7. The number of benzene rings is 2. The number of carbonyl (C=O) groups is 4. The highest BCUT2D eigenvalue weighted by atomic mass is 32.3. The molecule has 4 aromatic heterocycles. The number of aromatic nitrogens is 2. The first-order chi connectivity index (χ1) is 44.7. The first-order valence-corrected chi connectivity index (χ1v) is 39.0. The van der Waals surface area contributed by atoms with Crippen LogP contribution in [0, 0.1) is 0 Å². The molecule has 0 unspecified atom stereocenters. The summed E-state index contributed by atoms with van der Waals surface area (Å²) in [4.78, 5) is 66.6. The molecule has 6 aromatic rings. The van der Waals surface area contributed by atoms with Crippen LogP contribution in [-0.4, -0.2) is 134 Å². The van der Waals surface area contributed by atoms with Crippen LogP contribution in [0.15, 0.2) is 82.0 Å². The number of nitrogens with one attached hydrogen (secondary N) is 4. The lowest BCUT2D eigenvalue weighted by Gasteiger charge is -2.30. The number of hydrogen-bond acceptors (Lipinski definition) is 15. The van der Waals surface area contributed by atoms with Crippen molar-refractivity contribution in [3.63, 3.8) is 0 Å². The maximum absolute atomic E-state index is 14.0. The van der Waals surface area contributed by atoms with E-state index in [1.54, 1.807) is 25.1 Å². The van der Waals surface area contributed by atoms with Crippen LogP contribution in [0.25, 0.3) is 42.4 Å². The molecule has 2 aliphatic heterocycles. The van der Waals surface area contributed by atoms with Gasteiger partial charge in [-0.1, -0.05) is 85.6 Å². The van der Waals surface area contributed by atoms with E-state index < -0.39 is 76.3 Å². The highest BCUT2D eigenvalue weighted by molar-refractivity contribution is 7.88. The van der Waals surface area contributed by atoms with E-state index in [4.69, 9.17) is 0 Å². The fraction of sp³-hybridized carbons (Fsp3) is 0.485. The van der Waals surface area contributed by atoms with Gasteiger partial charge in [0.1, 0.15) is 33.5 Å². The second-order valence-electron chi connectivity index (χ2n) is 24.6. The van der Waals surface area contributed by atoms with Gasteiger partial charge in [-0.15, -0.1) is 22.7 Å². The van der Waals surface area contributed by atoms with Crippen LogP contribution in [0.2, 0.25) is 0 Å². The van der Waals surface area contributed by atoms with Crippen molar-refractivity contribution < 1.29 is 62.7 Å². The lowest BCUT2D eigenvalue weighted by molar-refractivity contribution is -0.435. The van der Waals surface area contributed by atoms with Gasteiger partial charge in [0.2, 0.25) is 5.69 Å². The number of thiophene rings is 2. The lowest BCUT2D eigenvalue weighted by Crippen LogP contribution is -2.32. The number of amides is 4. The van der Waals surface area contributed by atoms with Crippen molar-refractivity contribution in [1.29, 1.82) is 0 Å². The molecular weight excluding hydrogens is 1300 g/mol. The molecule has 508 valence electrons. The van der Waals surface area contributed by atoms with Crippen molar-refractivity contribution in [3.8, 4) is 22.3 Å². The van der Waals surface area contributed by atoms with Gasteiger partial charge in [0, 0.05) is 87.8 Å². The number of pyridine rings is 2. The monoisotopic (exact) mass is 1390 g/mol. The Kier molecular flexibility index (Phi) is 24.4. The van der Waals surface area contributed by atoms with Crippen molar-refractivity contribution in [1.82, 2.24) is 31.2 Å². The van der Waals surface area contributed by atoms with Crippen LogP contribution in [0.3, 0.4) is 0 Å². The summed E-state index contributed by atoms with van der Waals surface area (Å²) in [6.45, 7) is 18.0. The van der Waals surface area contributed by atoms with Gasteiger partial charge >= 0.3 is 10.1 Å². The number of anilines is 1. The SMILES string of the molecule is CCCCCCNC(=O)c1cc(-c2cc3c(c4ccsc24)[N+](CCCS(=O)(=O)O)=C(/C=C/C=C2/N(CCC)c4c(cc(-c5cc(C(=O)NCCC)nc(C(=O)NCCCCCC)c5)c5sc(S(=O)(=O)O)cc45)[C@]2(C)CCCS(=O)(=O)O)[C@@]3(C)CCC)cc(C(=O)NCC)n1. The Morgan fingerprint density at radius 1 is 0.585 bits per heavy atom. The maximum atomic E-state index is 14.0. The smallest absolute Gasteiger partial charge is 0.304 e. The molecule has 6 heterocycles. The van der Waals surface area contributed by atoms with E-state index in [1.165, 1.54) is 23.5 Å². The van der Waals surface area contributed by atoms with Gasteiger partial charge in [-0.2, -0.15) is 29.8 Å². The topological polar surface area (TPSA) is 312 Å². The second kappa shape index (κ2) is 31.4. The third-order valence-electron chi connectivity index (χ3n) is 17.4. The van der Waals surface area contributed by atoms with Crippen molar-refractivity contribution in [2.45, 2.75) is 167 Å². The lowest BCUT2D eigenvalue weighted by atomic mass is 9.74. The standard InChI is InChI=1S/C68H88N8O13S5/c1-9-15-17-19-30-71-65(79)54-38-44(37-52(73-54)63(77)69-14-6)47-41-50-59(46-26-34-90-61(46)47)76(33-23-36-93(84,85)86)56(67(50,7)27-11-3)24-21-25-57-68(8,28-22-35-92(81,82)83)51-42-48(62-49(60(51)75(57)32-13-5)43-58(91-62)94(87,88)89)45-39-53(64(78)70-29-12-4)74-55(40-45)66(80)72-31-20-18-16-10-2/h21,24-26,34,37-43H,9-20,22-23,27-33,35-36H2,1-8H3,(H6-,69,70,71,72,77,78,79,80,81,82,83,84,85,86,87,88,89)/p+1/t67-,68-/m0/s1. The van der Waals surface area contributed by atoms with E-state index in [-0.39, 0.29) is 52.8 Å². The zero-order valence-corrected chi connectivity index (χ0v) is 59.0. The molecule has 0 bridgehead atoms. The molecule has 0 spiro atoms. The van der Waals surface area contributed by atoms with E-state index >= 15 is 0 Å². The fourth-order valence-electron chi connectivity index (χ4n) is 13.0. The number of rotatable bonds is 34. The van der Waals surface area contributed by atoms with Crippen molar-refractivity contribution in [2.75, 3.05) is 55.7 Å². The van der Waals surface area contributed by atoms with Crippen LogP contribution in [0.5, 0.6) is 0 Å². The average molecular weight is 1390 g/mol. The van der Waals surface area contributed by atoms with E-state index in [0.29, 0.717) is 102 Å². The van der Waals surface area contributed by atoms with Crippen molar-refractivity contribution >= 4 is 114 Å². The number of allylic oxidation sites excluding steroid dienone is 4. The van der Waals surface area contributed by atoms with Crippen LogP contribution >= 0.6 is 22.7 Å². The summed E-state index contributed by atoms with van der Waals surface area (Å²) in [5, 5.41) is 14.8. The second-order valence-corrected chi connectivity index (χ2v) is 31.4. The number of nitrogens with zero attached hydrogens (tertiary/aromatic N) is 4. The summed E-state index contributed by atoms with van der Waals surface area (Å²) in [7, 11) is -13.7. The minimum atomic E-state index is -4.83. The van der Waals surface area contributed by atoms with Crippen molar-refractivity contribution in [3.05, 3.63) is 112 Å². The van der Waals surface area contributed by atoms with Gasteiger partial charge in [0.15, 0.2) is 5.71 Å². The molecular formula is C68H89N8O13S5+. The molecule has 7 N–H and O–H groups in total. The first-order valence-electron chi connectivity index (χ1n) is 32.7. The Balaban J connectivity index is 1.35. The Hall–Kier alpha value is -6.78. The minimum absolute atomic E-state index is 0.0299. The van der Waals surface area contributed by atoms with E-state index in [2.05, 4.69) is 74.5 Å². The highest BCUT2D eigenvalue weighted by Gasteiger charge is 2.50. The van der Waals surface area contributed by atoms with Crippen LogP contribution in [0.4, 0.5) is 11.4 Å². The Morgan fingerprint density at radius 3 is 1.65 bits per heavy atom. The molecule has 4 amide bonds. The molecule has 0 saturated heterocycles. The highest BCUT2D eigenvalue weighted by Crippen LogP contribution is 2.57. The van der Waals surface area contributed by atoms with Crippen molar-refractivity contribution in [2.24, 2.45) is 0 Å². The van der Waals surface area contributed by atoms with E-state index in [9.17, 15) is 58.1 Å². The van der Waals surface area contributed by atoms with E-state index in [1.807, 2.05) is 56.5 Å². The van der Waals surface area contributed by atoms with Crippen LogP contribution in [-0.2, 0) is 41.2 Å². The van der Waals surface area contributed by atoms with Gasteiger partial charge in [0.05, 0.1) is 28.0 Å². The quantitative estimate of drug-likeness (QED) is 0.0112. The van der Waals surface area contributed by atoms with Gasteiger partial charge < -0.3 is 26.2 Å². The molecule has 94 heavy (non-hydrogen) atoms. The van der Waals surface area contributed by atoms with Gasteiger partial charge in [-0.25, -0.2) is 9.97 Å². The molecule has 2 aliphatic rings. The third kappa shape index (κ3) is 16.7. The number of fused-ring (bicyclic) bond motifs is 6. The molecule has 2 atom stereocenters. The molecule has 0 aliphatic carbocycles. The molecule has 0 fully saturated rings. The fourth-order valence-corrected chi connectivity index (χ4v) is 16.8. The molecule has 0 radical (unpaired) electrons. The molecule has 26 heteroatoms. The molecule has 8 rings (SSSR count). The van der Waals surface area contributed by atoms with Gasteiger partial charge in [-0.05, 0) is 142 Å². The summed E-state index contributed by atoms with van der Waals surface area (Å²) in [5.74, 6) is -3.03. The first kappa shape index (κ1) is 73.0. The Bertz CT molecular complexity index is 4290. The van der Waals surface area contributed by atoms with Gasteiger partial charge in [-0.3, -0.25) is 32.8 Å². The Labute approximate surface area is 560 Å². The zero-order chi connectivity index (χ0) is 68.3. The molecule has 2 aromatic carbocycles. The number of unbranched alkanes of at least 4 members (excludes halogenated alkanes) is 6. The predicted molar refractivity (Wildman–Crippen MR) is 374 cm³/mol. The Morgan fingerprint density at radius 2 is 1.13 bits per heavy atom. The third-order valence-corrected chi connectivity index (χ3v) is 22.5. The predicted octanol–water partition coefficient (Wildman–Crippen LogP) is 12.7. The molecule has 0 saturated carbocycles. The van der Waals surface area contributed by atoms with Crippen LogP contribution in [0.1, 0.15) is 205 Å². The maximum Gasteiger partial charge on any atom is 0.304 e. The summed E-state index contributed by atoms with van der Waals surface area (Å²) in [5.41, 5.74) is 4.55. The zero-order valence-electron chi connectivity index (χ0n) is 54.9. The minimum Gasteiger partial charge on any atom is -0.351 e. The number of carbonyl (C=O) groups excluding carboxylic acids is 4. The van der Waals surface area contributed by atoms with E-state index in [0.717, 1.165) is 95.3 Å².